The molecule has 0 bridgehead atoms. The predicted molar refractivity (Wildman–Crippen MR) is 89.6 cm³/mol. The molecule has 0 amide bonds. The summed E-state index contributed by atoms with van der Waals surface area (Å²) in [5.41, 5.74) is 0. The molecular weight excluding hydrogens is 371 g/mol. The van der Waals surface area contributed by atoms with Crippen molar-refractivity contribution in [2.24, 2.45) is 5.92 Å². The van der Waals surface area contributed by atoms with Crippen LogP contribution in [0.4, 0.5) is 0 Å². The summed E-state index contributed by atoms with van der Waals surface area (Å²) in [6, 6.07) is 3.43. The Balaban J connectivity index is 2.03. The Morgan fingerprint density at radius 3 is 2.60 bits per heavy atom. The molecule has 134 valence electrons. The van der Waals surface area contributed by atoms with Crippen LogP contribution >= 0.6 is 23.2 Å². The summed E-state index contributed by atoms with van der Waals surface area (Å²) < 4.78 is 27.3. The van der Waals surface area contributed by atoms with Gasteiger partial charge in [0.05, 0.1) is 18.4 Å². The van der Waals surface area contributed by atoms with E-state index in [1.54, 1.807) is 18.2 Å². The molecule has 2 unspecified atom stereocenters. The van der Waals surface area contributed by atoms with E-state index in [0.717, 1.165) is 0 Å². The summed E-state index contributed by atoms with van der Waals surface area (Å²) >= 11 is 13.0. The van der Waals surface area contributed by atoms with Crippen molar-refractivity contribution in [3.63, 3.8) is 0 Å². The number of carbonyl (C=O) groups is 1. The summed E-state index contributed by atoms with van der Waals surface area (Å²) in [6.45, 7) is 3.80. The molecule has 1 aliphatic carbocycles. The number of halogens is 2. The molecular formula is C17H16Cl2O6. The molecule has 2 atom stereocenters. The van der Waals surface area contributed by atoms with E-state index in [1.165, 1.54) is 26.7 Å². The minimum atomic E-state index is -1.77. The number of Topliss-reactive ketones (excluding diaryl/α,β-unsaturated/α-hetero) is 1. The molecule has 0 saturated heterocycles. The number of hydrogen-bond donors (Lipinski definition) is 0. The van der Waals surface area contributed by atoms with Crippen LogP contribution in [0.1, 0.15) is 5.76 Å². The SMILES string of the molecule is C=C1OC=CC1C1(Cl)C(=O)C(Cl)=C(OCc2ccco2)C1(OC)OC. The molecule has 1 aromatic heterocycles. The lowest BCUT2D eigenvalue weighted by atomic mass is 9.83. The van der Waals surface area contributed by atoms with E-state index >= 15 is 0 Å². The average Bonchev–Trinajstić information content (AvgIpc) is 3.31. The zero-order valence-electron chi connectivity index (χ0n) is 13.6. The lowest BCUT2D eigenvalue weighted by Crippen LogP contribution is -2.58. The maximum absolute atomic E-state index is 12.9. The van der Waals surface area contributed by atoms with Crippen LogP contribution < -0.4 is 0 Å². The fourth-order valence-electron chi connectivity index (χ4n) is 3.07. The molecule has 0 N–H and O–H groups in total. The highest BCUT2D eigenvalue weighted by Crippen LogP contribution is 2.56. The minimum Gasteiger partial charge on any atom is -0.482 e. The summed E-state index contributed by atoms with van der Waals surface area (Å²) in [6.07, 6.45) is 4.50. The standard InChI is InChI=1S/C17H16Cl2O6/c1-10-12(6-8-23-10)16(19)14(20)13(18)15(17(16,21-2)22-3)25-9-11-5-4-7-24-11/h4-8,12H,1,9H2,2-3H3. The number of alkyl halides is 1. The second-order valence-electron chi connectivity index (χ2n) is 5.47. The lowest BCUT2D eigenvalue weighted by Gasteiger charge is -2.41. The van der Waals surface area contributed by atoms with Gasteiger partial charge < -0.3 is 23.4 Å². The molecule has 1 aromatic rings. The van der Waals surface area contributed by atoms with Crippen LogP contribution in [-0.2, 0) is 30.3 Å². The van der Waals surface area contributed by atoms with Gasteiger partial charge in [-0.25, -0.2) is 0 Å². The van der Waals surface area contributed by atoms with Gasteiger partial charge in [-0.05, 0) is 18.2 Å². The number of methoxy groups -OCH3 is 2. The number of furan rings is 1. The van der Waals surface area contributed by atoms with Gasteiger partial charge in [-0.1, -0.05) is 18.2 Å². The molecule has 8 heteroatoms. The fourth-order valence-corrected chi connectivity index (χ4v) is 3.98. The molecule has 0 aromatic carbocycles. The highest BCUT2D eigenvalue weighted by Gasteiger charge is 2.71. The van der Waals surface area contributed by atoms with Crippen molar-refractivity contribution in [2.45, 2.75) is 17.3 Å². The molecule has 0 saturated carbocycles. The largest absolute Gasteiger partial charge is 0.482 e. The predicted octanol–water partition coefficient (Wildman–Crippen LogP) is 3.47. The van der Waals surface area contributed by atoms with Crippen LogP contribution in [-0.4, -0.2) is 30.7 Å². The monoisotopic (exact) mass is 386 g/mol. The first kappa shape index (κ1) is 18.1. The topological polar surface area (TPSA) is 67.1 Å². The summed E-state index contributed by atoms with van der Waals surface area (Å²) in [4.78, 5) is 11.2. The third kappa shape index (κ3) is 2.44. The summed E-state index contributed by atoms with van der Waals surface area (Å²) in [5, 5.41) is -0.210. The van der Waals surface area contributed by atoms with Gasteiger partial charge in [-0.3, -0.25) is 4.79 Å². The van der Waals surface area contributed by atoms with E-state index in [2.05, 4.69) is 6.58 Å². The van der Waals surface area contributed by atoms with E-state index in [1.807, 2.05) is 0 Å². The highest BCUT2D eigenvalue weighted by atomic mass is 35.5. The van der Waals surface area contributed by atoms with Gasteiger partial charge in [-0.2, -0.15) is 0 Å². The minimum absolute atomic E-state index is 0.0191. The Kier molecular flexibility index (Phi) is 4.72. The van der Waals surface area contributed by atoms with Crippen LogP contribution in [0.25, 0.3) is 0 Å². The quantitative estimate of drug-likeness (QED) is 0.550. The van der Waals surface area contributed by atoms with Crippen LogP contribution in [0.3, 0.4) is 0 Å². The second kappa shape index (κ2) is 6.53. The van der Waals surface area contributed by atoms with E-state index in [0.29, 0.717) is 5.76 Å². The van der Waals surface area contributed by atoms with Crippen LogP contribution in [0, 0.1) is 5.92 Å². The first-order valence-electron chi connectivity index (χ1n) is 7.34. The third-order valence-electron chi connectivity index (χ3n) is 4.29. The maximum Gasteiger partial charge on any atom is 0.257 e. The Labute approximate surface area is 154 Å². The van der Waals surface area contributed by atoms with Gasteiger partial charge in [0.25, 0.3) is 5.79 Å². The van der Waals surface area contributed by atoms with E-state index in [4.69, 9.17) is 46.6 Å². The van der Waals surface area contributed by atoms with Gasteiger partial charge in [-0.15, -0.1) is 11.6 Å². The zero-order chi connectivity index (χ0) is 18.2. The number of ether oxygens (including phenoxy) is 4. The number of rotatable bonds is 6. The van der Waals surface area contributed by atoms with Crippen LogP contribution in [0.5, 0.6) is 0 Å². The van der Waals surface area contributed by atoms with Crippen molar-refractivity contribution in [2.75, 3.05) is 14.2 Å². The maximum atomic E-state index is 12.9. The first-order valence-corrected chi connectivity index (χ1v) is 8.09. The summed E-state index contributed by atoms with van der Waals surface area (Å²) in [7, 11) is 2.70. The molecule has 0 fully saturated rings. The molecule has 2 heterocycles. The molecule has 6 nitrogen and oxygen atoms in total. The van der Waals surface area contributed by atoms with Gasteiger partial charge in [0, 0.05) is 14.2 Å². The van der Waals surface area contributed by atoms with Crippen molar-refractivity contribution in [3.8, 4) is 0 Å². The Morgan fingerprint density at radius 2 is 2.08 bits per heavy atom. The van der Waals surface area contributed by atoms with Crippen LogP contribution in [0.15, 0.2) is 58.3 Å². The smallest absolute Gasteiger partial charge is 0.257 e. The third-order valence-corrected chi connectivity index (χ3v) is 5.29. The van der Waals surface area contributed by atoms with Crippen molar-refractivity contribution in [1.29, 1.82) is 0 Å². The fraction of sp³-hybridized carbons (Fsp3) is 0.353. The van der Waals surface area contributed by atoms with Gasteiger partial charge in [0.2, 0.25) is 5.78 Å². The van der Waals surface area contributed by atoms with Crippen molar-refractivity contribution in [3.05, 3.63) is 59.6 Å². The van der Waals surface area contributed by atoms with Crippen LogP contribution in [0.2, 0.25) is 0 Å². The normalized spacial score (nSPS) is 27.9. The molecule has 2 aliphatic rings. The molecule has 3 rings (SSSR count). The zero-order valence-corrected chi connectivity index (χ0v) is 15.1. The molecule has 25 heavy (non-hydrogen) atoms. The van der Waals surface area contributed by atoms with Crippen molar-refractivity contribution < 1.29 is 28.2 Å². The van der Waals surface area contributed by atoms with Gasteiger partial charge in [0.1, 0.15) is 23.2 Å². The highest BCUT2D eigenvalue weighted by molar-refractivity contribution is 6.53. The first-order chi connectivity index (χ1) is 11.9. The Morgan fingerprint density at radius 1 is 1.36 bits per heavy atom. The van der Waals surface area contributed by atoms with Crippen molar-refractivity contribution >= 4 is 29.0 Å². The van der Waals surface area contributed by atoms with Crippen molar-refractivity contribution in [1.82, 2.24) is 0 Å². The summed E-state index contributed by atoms with van der Waals surface area (Å²) in [5.74, 6) is -2.30. The number of hydrogen-bond acceptors (Lipinski definition) is 6. The molecule has 0 radical (unpaired) electrons. The number of allylic oxidation sites excluding steroid dienone is 2. The number of ketones is 1. The Bertz CT molecular complexity index is 747. The molecule has 0 spiro atoms. The lowest BCUT2D eigenvalue weighted by molar-refractivity contribution is -0.222. The van der Waals surface area contributed by atoms with E-state index < -0.39 is 22.4 Å². The van der Waals surface area contributed by atoms with Gasteiger partial charge >= 0.3 is 0 Å². The average molecular weight is 387 g/mol. The van der Waals surface area contributed by atoms with E-state index in [-0.39, 0.29) is 23.2 Å². The van der Waals surface area contributed by atoms with E-state index in [9.17, 15) is 4.79 Å². The Hall–Kier alpha value is -1.73. The second-order valence-corrected chi connectivity index (χ2v) is 6.44. The molecule has 1 aliphatic heterocycles. The number of carbonyl (C=O) groups excluding carboxylic acids is 1. The van der Waals surface area contributed by atoms with Gasteiger partial charge in [0.15, 0.2) is 10.6 Å².